The first-order valence-corrected chi connectivity index (χ1v) is 4.97. The highest BCUT2D eigenvalue weighted by Crippen LogP contribution is 2.29. The van der Waals surface area contributed by atoms with Gasteiger partial charge in [-0.15, -0.1) is 0 Å². The van der Waals surface area contributed by atoms with E-state index in [4.69, 9.17) is 0 Å². The van der Waals surface area contributed by atoms with Crippen molar-refractivity contribution in [2.24, 2.45) is 0 Å². The highest BCUT2D eigenvalue weighted by Gasteiger charge is 2.32. The third-order valence-electron chi connectivity index (χ3n) is 2.63. The first-order chi connectivity index (χ1) is 7.99. The monoisotopic (exact) mass is 243 g/mol. The Morgan fingerprint density at radius 2 is 1.71 bits per heavy atom. The quantitative estimate of drug-likeness (QED) is 0.762. The van der Waals surface area contributed by atoms with Gasteiger partial charge in [0.25, 0.3) is 0 Å². The molecule has 1 aliphatic heterocycles. The second-order valence-electron chi connectivity index (χ2n) is 3.79. The first-order valence-electron chi connectivity index (χ1n) is 4.97. The number of rotatable bonds is 1. The van der Waals surface area contributed by atoms with Crippen molar-refractivity contribution in [3.8, 4) is 0 Å². The SMILES string of the molecule is O=C1CCC(c2c(F)cc(F)cc2F)C(=O)N1. The molecule has 2 amide bonds. The zero-order valence-electron chi connectivity index (χ0n) is 8.60. The second kappa shape index (κ2) is 4.20. The molecule has 3 nitrogen and oxygen atoms in total. The zero-order valence-corrected chi connectivity index (χ0v) is 8.60. The number of imide groups is 1. The standard InChI is InChI=1S/C11H8F3NO2/c12-5-3-7(13)10(8(14)4-5)6-1-2-9(16)15-11(6)17/h3-4,6H,1-2H2,(H,15,16,17). The van der Waals surface area contributed by atoms with Crippen LogP contribution in [0.15, 0.2) is 12.1 Å². The van der Waals surface area contributed by atoms with Crippen molar-refractivity contribution in [2.75, 3.05) is 0 Å². The number of benzene rings is 1. The van der Waals surface area contributed by atoms with E-state index >= 15 is 0 Å². The lowest BCUT2D eigenvalue weighted by molar-refractivity contribution is -0.134. The van der Waals surface area contributed by atoms with E-state index in [9.17, 15) is 22.8 Å². The van der Waals surface area contributed by atoms with Crippen LogP contribution < -0.4 is 5.32 Å². The van der Waals surface area contributed by atoms with Crippen LogP contribution in [-0.2, 0) is 9.59 Å². The third-order valence-corrected chi connectivity index (χ3v) is 2.63. The summed E-state index contributed by atoms with van der Waals surface area (Å²) in [7, 11) is 0. The van der Waals surface area contributed by atoms with E-state index in [-0.39, 0.29) is 12.8 Å². The van der Waals surface area contributed by atoms with Crippen molar-refractivity contribution in [3.63, 3.8) is 0 Å². The molecule has 6 heteroatoms. The molecule has 1 heterocycles. The van der Waals surface area contributed by atoms with Crippen molar-refractivity contribution in [1.29, 1.82) is 0 Å². The van der Waals surface area contributed by atoms with Crippen LogP contribution >= 0.6 is 0 Å². The van der Waals surface area contributed by atoms with E-state index in [0.717, 1.165) is 0 Å². The van der Waals surface area contributed by atoms with Crippen LogP contribution in [0.3, 0.4) is 0 Å². The molecule has 0 bridgehead atoms. The van der Waals surface area contributed by atoms with Crippen molar-refractivity contribution >= 4 is 11.8 Å². The predicted molar refractivity (Wildman–Crippen MR) is 51.4 cm³/mol. The molecule has 0 aliphatic carbocycles. The van der Waals surface area contributed by atoms with Crippen molar-refractivity contribution < 1.29 is 22.8 Å². The van der Waals surface area contributed by atoms with Gasteiger partial charge in [0.2, 0.25) is 11.8 Å². The highest BCUT2D eigenvalue weighted by atomic mass is 19.1. The van der Waals surface area contributed by atoms with Crippen molar-refractivity contribution in [1.82, 2.24) is 5.32 Å². The maximum Gasteiger partial charge on any atom is 0.234 e. The van der Waals surface area contributed by atoms with Crippen molar-refractivity contribution in [3.05, 3.63) is 35.1 Å². The molecule has 1 aromatic rings. The lowest BCUT2D eigenvalue weighted by atomic mass is 9.90. The predicted octanol–water partition coefficient (Wildman–Crippen LogP) is 1.62. The Morgan fingerprint density at radius 3 is 2.24 bits per heavy atom. The van der Waals surface area contributed by atoms with Gasteiger partial charge in [-0.3, -0.25) is 14.9 Å². The fourth-order valence-electron chi connectivity index (χ4n) is 1.86. The summed E-state index contributed by atoms with van der Waals surface area (Å²) in [5.41, 5.74) is -0.489. The topological polar surface area (TPSA) is 46.2 Å². The normalized spacial score (nSPS) is 20.3. The van der Waals surface area contributed by atoms with Crippen LogP contribution in [0, 0.1) is 17.5 Å². The van der Waals surface area contributed by atoms with Crippen LogP contribution in [0.5, 0.6) is 0 Å². The molecule has 1 unspecified atom stereocenters. The van der Waals surface area contributed by atoms with Gasteiger partial charge in [-0.05, 0) is 6.42 Å². The number of nitrogens with one attached hydrogen (secondary N) is 1. The van der Waals surface area contributed by atoms with Gasteiger partial charge in [0.15, 0.2) is 0 Å². The zero-order chi connectivity index (χ0) is 12.6. The molecular weight excluding hydrogens is 235 g/mol. The van der Waals surface area contributed by atoms with Gasteiger partial charge in [0.05, 0.1) is 5.92 Å². The van der Waals surface area contributed by atoms with Crippen LogP contribution in [0.25, 0.3) is 0 Å². The Bertz CT molecular complexity index is 478. The van der Waals surface area contributed by atoms with Gasteiger partial charge in [0.1, 0.15) is 17.5 Å². The molecule has 0 aromatic heterocycles. The molecule has 90 valence electrons. The average molecular weight is 243 g/mol. The molecule has 1 aromatic carbocycles. The lowest BCUT2D eigenvalue weighted by Gasteiger charge is -2.21. The fourth-order valence-corrected chi connectivity index (χ4v) is 1.86. The number of halogens is 3. The van der Waals surface area contributed by atoms with Crippen LogP contribution in [0.4, 0.5) is 13.2 Å². The van der Waals surface area contributed by atoms with Crippen LogP contribution in [0.1, 0.15) is 24.3 Å². The van der Waals surface area contributed by atoms with Crippen LogP contribution in [-0.4, -0.2) is 11.8 Å². The summed E-state index contributed by atoms with van der Waals surface area (Å²) in [5, 5.41) is 1.99. The Labute approximate surface area is 94.6 Å². The Kier molecular flexibility index (Phi) is 2.87. The summed E-state index contributed by atoms with van der Waals surface area (Å²) in [6, 6.07) is 1.03. The molecule has 1 aliphatic rings. The highest BCUT2D eigenvalue weighted by molar-refractivity contribution is 6.00. The first kappa shape index (κ1) is 11.6. The van der Waals surface area contributed by atoms with E-state index in [1.807, 2.05) is 5.32 Å². The molecule has 0 radical (unpaired) electrons. The maximum atomic E-state index is 13.4. The molecule has 2 rings (SSSR count). The van der Waals surface area contributed by atoms with Gasteiger partial charge in [0, 0.05) is 24.1 Å². The summed E-state index contributed by atoms with van der Waals surface area (Å²) < 4.78 is 39.5. The maximum absolute atomic E-state index is 13.4. The summed E-state index contributed by atoms with van der Waals surface area (Å²) in [5.74, 6) is -5.60. The fraction of sp³-hybridized carbons (Fsp3) is 0.273. The molecule has 1 fully saturated rings. The number of hydrogen-bond acceptors (Lipinski definition) is 2. The molecule has 0 saturated carbocycles. The number of carbonyl (C=O) groups is 2. The van der Waals surface area contributed by atoms with Gasteiger partial charge < -0.3 is 0 Å². The average Bonchev–Trinajstić information content (AvgIpc) is 2.19. The molecule has 1 N–H and O–H groups in total. The number of carbonyl (C=O) groups excluding carboxylic acids is 2. The van der Waals surface area contributed by atoms with Gasteiger partial charge >= 0.3 is 0 Å². The van der Waals surface area contributed by atoms with Gasteiger partial charge in [-0.25, -0.2) is 13.2 Å². The summed E-state index contributed by atoms with van der Waals surface area (Å²) >= 11 is 0. The number of amides is 2. The smallest absolute Gasteiger partial charge is 0.234 e. The minimum atomic E-state index is -1.11. The lowest BCUT2D eigenvalue weighted by Crippen LogP contribution is -2.40. The Balaban J connectivity index is 2.40. The van der Waals surface area contributed by atoms with Gasteiger partial charge in [-0.2, -0.15) is 0 Å². The number of hydrogen-bond donors (Lipinski definition) is 1. The van der Waals surface area contributed by atoms with Gasteiger partial charge in [-0.1, -0.05) is 0 Å². The summed E-state index contributed by atoms with van der Waals surface area (Å²) in [6.07, 6.45) is 0.0246. The minimum Gasteiger partial charge on any atom is -0.296 e. The second-order valence-corrected chi connectivity index (χ2v) is 3.79. The van der Waals surface area contributed by atoms with E-state index in [2.05, 4.69) is 0 Å². The van der Waals surface area contributed by atoms with Crippen LogP contribution in [0.2, 0.25) is 0 Å². The third kappa shape index (κ3) is 2.15. The molecule has 17 heavy (non-hydrogen) atoms. The Morgan fingerprint density at radius 1 is 1.12 bits per heavy atom. The van der Waals surface area contributed by atoms with E-state index in [1.54, 1.807) is 0 Å². The molecular formula is C11H8F3NO2. The minimum absolute atomic E-state index is 0.00661. The molecule has 1 saturated heterocycles. The van der Waals surface area contributed by atoms with Crippen molar-refractivity contribution in [2.45, 2.75) is 18.8 Å². The van der Waals surface area contributed by atoms with E-state index < -0.39 is 40.7 Å². The largest absolute Gasteiger partial charge is 0.296 e. The summed E-state index contributed by atoms with van der Waals surface area (Å²) in [4.78, 5) is 22.3. The number of piperidine rings is 1. The van der Waals surface area contributed by atoms with E-state index in [1.165, 1.54) is 0 Å². The summed E-state index contributed by atoms with van der Waals surface area (Å²) in [6.45, 7) is 0. The molecule has 1 atom stereocenters. The Hall–Kier alpha value is -1.85. The molecule has 0 spiro atoms. The van der Waals surface area contributed by atoms with E-state index in [0.29, 0.717) is 12.1 Å².